The van der Waals surface area contributed by atoms with Crippen LogP contribution in [0.15, 0.2) is 18.2 Å². The number of rotatable bonds is 3. The first-order valence-electron chi connectivity index (χ1n) is 7.05. The molecule has 0 atom stereocenters. The van der Waals surface area contributed by atoms with E-state index in [0.717, 1.165) is 29.9 Å². The standard InChI is InChI=1S/C16H19ClN2OS/c17-14-4-3-13(2-1-7-18)15(11-14)19-16(20)10-12-5-8-21-9-6-12/h3-4,11-12H,5-10,18H2,(H,19,20). The maximum Gasteiger partial charge on any atom is 0.224 e. The van der Waals surface area contributed by atoms with Gasteiger partial charge in [0.2, 0.25) is 5.91 Å². The molecule has 1 aromatic carbocycles. The molecule has 1 fully saturated rings. The highest BCUT2D eigenvalue weighted by Gasteiger charge is 2.17. The molecule has 1 heterocycles. The summed E-state index contributed by atoms with van der Waals surface area (Å²) in [5.74, 6) is 8.59. The monoisotopic (exact) mass is 322 g/mol. The van der Waals surface area contributed by atoms with Crippen molar-refractivity contribution in [2.45, 2.75) is 19.3 Å². The molecule has 0 aliphatic carbocycles. The van der Waals surface area contributed by atoms with Crippen molar-refractivity contribution in [3.05, 3.63) is 28.8 Å². The number of halogens is 1. The zero-order chi connectivity index (χ0) is 15.1. The fraction of sp³-hybridized carbons (Fsp3) is 0.438. The van der Waals surface area contributed by atoms with Crippen molar-refractivity contribution < 1.29 is 4.79 Å². The van der Waals surface area contributed by atoms with E-state index in [1.165, 1.54) is 0 Å². The molecular weight excluding hydrogens is 304 g/mol. The number of carbonyl (C=O) groups is 1. The summed E-state index contributed by atoms with van der Waals surface area (Å²) >= 11 is 7.96. The normalized spacial score (nSPS) is 15.1. The van der Waals surface area contributed by atoms with Gasteiger partial charge in [0.15, 0.2) is 0 Å². The van der Waals surface area contributed by atoms with Gasteiger partial charge in [0.25, 0.3) is 0 Å². The summed E-state index contributed by atoms with van der Waals surface area (Å²) in [6.45, 7) is 0.287. The molecule has 112 valence electrons. The summed E-state index contributed by atoms with van der Waals surface area (Å²) in [6.07, 6.45) is 2.80. The number of anilines is 1. The Balaban J connectivity index is 2.03. The minimum Gasteiger partial charge on any atom is -0.325 e. The molecule has 1 aliphatic heterocycles. The first-order valence-corrected chi connectivity index (χ1v) is 8.58. The number of amides is 1. The second-order valence-corrected chi connectivity index (χ2v) is 6.67. The zero-order valence-electron chi connectivity index (χ0n) is 11.8. The molecule has 3 nitrogen and oxygen atoms in total. The summed E-state index contributed by atoms with van der Waals surface area (Å²) in [5, 5.41) is 3.52. The largest absolute Gasteiger partial charge is 0.325 e. The predicted molar refractivity (Wildman–Crippen MR) is 90.7 cm³/mol. The first-order chi connectivity index (χ1) is 10.2. The fourth-order valence-electron chi connectivity index (χ4n) is 2.29. The van der Waals surface area contributed by atoms with E-state index in [9.17, 15) is 4.79 Å². The molecule has 0 spiro atoms. The van der Waals surface area contributed by atoms with E-state index in [-0.39, 0.29) is 12.5 Å². The van der Waals surface area contributed by atoms with Gasteiger partial charge < -0.3 is 11.1 Å². The summed E-state index contributed by atoms with van der Waals surface area (Å²) in [7, 11) is 0. The van der Waals surface area contributed by atoms with Crippen LogP contribution in [-0.2, 0) is 4.79 Å². The molecule has 1 amide bonds. The van der Waals surface area contributed by atoms with Crippen LogP contribution in [0, 0.1) is 17.8 Å². The van der Waals surface area contributed by atoms with Crippen LogP contribution in [0.5, 0.6) is 0 Å². The lowest BCUT2D eigenvalue weighted by Crippen LogP contribution is -2.20. The van der Waals surface area contributed by atoms with Crippen molar-refractivity contribution in [3.8, 4) is 11.8 Å². The van der Waals surface area contributed by atoms with Crippen molar-refractivity contribution in [2.24, 2.45) is 11.7 Å². The second kappa shape index (κ2) is 8.33. The van der Waals surface area contributed by atoms with Gasteiger partial charge in [-0.2, -0.15) is 11.8 Å². The molecule has 0 radical (unpaired) electrons. The van der Waals surface area contributed by atoms with Crippen molar-refractivity contribution in [1.29, 1.82) is 0 Å². The maximum atomic E-state index is 12.2. The number of hydrogen-bond donors (Lipinski definition) is 2. The van der Waals surface area contributed by atoms with Gasteiger partial charge in [0.1, 0.15) is 0 Å². The quantitative estimate of drug-likeness (QED) is 0.841. The van der Waals surface area contributed by atoms with Crippen molar-refractivity contribution >= 4 is 35.0 Å². The summed E-state index contributed by atoms with van der Waals surface area (Å²) in [5.41, 5.74) is 6.81. The van der Waals surface area contributed by atoms with E-state index < -0.39 is 0 Å². The Hall–Kier alpha value is -1.15. The highest BCUT2D eigenvalue weighted by atomic mass is 35.5. The lowest BCUT2D eigenvalue weighted by Gasteiger charge is -2.20. The SMILES string of the molecule is NCC#Cc1ccc(Cl)cc1NC(=O)CC1CCSCC1. The average Bonchev–Trinajstić information content (AvgIpc) is 2.47. The van der Waals surface area contributed by atoms with E-state index >= 15 is 0 Å². The van der Waals surface area contributed by atoms with Crippen LogP contribution in [0.25, 0.3) is 0 Å². The Morgan fingerprint density at radius 3 is 2.90 bits per heavy atom. The summed E-state index contributed by atoms with van der Waals surface area (Å²) in [4.78, 5) is 12.2. The molecule has 0 bridgehead atoms. The van der Waals surface area contributed by atoms with Gasteiger partial charge in [-0.15, -0.1) is 0 Å². The summed E-state index contributed by atoms with van der Waals surface area (Å²) in [6, 6.07) is 5.30. The molecule has 0 aromatic heterocycles. The molecule has 5 heteroatoms. The Morgan fingerprint density at radius 1 is 1.43 bits per heavy atom. The Kier molecular flexibility index (Phi) is 6.44. The molecule has 21 heavy (non-hydrogen) atoms. The molecule has 1 saturated heterocycles. The zero-order valence-corrected chi connectivity index (χ0v) is 13.4. The molecule has 1 aromatic rings. The predicted octanol–water partition coefficient (Wildman–Crippen LogP) is 3.12. The van der Waals surface area contributed by atoms with E-state index in [0.29, 0.717) is 23.0 Å². The summed E-state index contributed by atoms with van der Waals surface area (Å²) < 4.78 is 0. The average molecular weight is 323 g/mol. The van der Waals surface area contributed by atoms with Crippen LogP contribution in [-0.4, -0.2) is 24.0 Å². The van der Waals surface area contributed by atoms with Gasteiger partial charge >= 0.3 is 0 Å². The Morgan fingerprint density at radius 2 is 2.19 bits per heavy atom. The van der Waals surface area contributed by atoms with Crippen LogP contribution in [0.1, 0.15) is 24.8 Å². The number of nitrogens with two attached hydrogens (primary N) is 1. The molecule has 3 N–H and O–H groups in total. The second-order valence-electron chi connectivity index (χ2n) is 5.00. The molecular formula is C16H19ClN2OS. The van der Waals surface area contributed by atoms with Crippen LogP contribution < -0.4 is 11.1 Å². The topological polar surface area (TPSA) is 55.1 Å². The minimum absolute atomic E-state index is 0.0324. The van der Waals surface area contributed by atoms with E-state index in [4.69, 9.17) is 17.3 Å². The van der Waals surface area contributed by atoms with Gasteiger partial charge in [-0.3, -0.25) is 4.79 Å². The fourth-order valence-corrected chi connectivity index (χ4v) is 3.67. The third-order valence-electron chi connectivity index (χ3n) is 3.40. The smallest absolute Gasteiger partial charge is 0.224 e. The van der Waals surface area contributed by atoms with E-state index in [1.807, 2.05) is 11.8 Å². The third-order valence-corrected chi connectivity index (χ3v) is 4.68. The van der Waals surface area contributed by atoms with Gasteiger partial charge in [0.05, 0.1) is 12.2 Å². The Labute approximate surface area is 135 Å². The first kappa shape index (κ1) is 16.2. The van der Waals surface area contributed by atoms with Crippen LogP contribution in [0.2, 0.25) is 5.02 Å². The van der Waals surface area contributed by atoms with Crippen molar-refractivity contribution in [2.75, 3.05) is 23.4 Å². The van der Waals surface area contributed by atoms with Gasteiger partial charge in [-0.05, 0) is 48.5 Å². The van der Waals surface area contributed by atoms with Gasteiger partial charge in [0, 0.05) is 17.0 Å². The van der Waals surface area contributed by atoms with Crippen molar-refractivity contribution in [1.82, 2.24) is 0 Å². The molecule has 0 unspecified atom stereocenters. The number of carbonyl (C=O) groups excluding carboxylic acids is 1. The van der Waals surface area contributed by atoms with Crippen LogP contribution in [0.3, 0.4) is 0 Å². The highest BCUT2D eigenvalue weighted by molar-refractivity contribution is 7.99. The van der Waals surface area contributed by atoms with Crippen LogP contribution >= 0.6 is 23.4 Å². The van der Waals surface area contributed by atoms with Gasteiger partial charge in [-0.1, -0.05) is 23.4 Å². The molecule has 2 rings (SSSR count). The van der Waals surface area contributed by atoms with Crippen molar-refractivity contribution in [3.63, 3.8) is 0 Å². The lowest BCUT2D eigenvalue weighted by atomic mass is 9.98. The Bertz CT molecular complexity index is 559. The molecule has 1 aliphatic rings. The van der Waals surface area contributed by atoms with E-state index in [2.05, 4.69) is 17.2 Å². The maximum absolute atomic E-state index is 12.2. The number of benzene rings is 1. The molecule has 0 saturated carbocycles. The van der Waals surface area contributed by atoms with E-state index in [1.54, 1.807) is 18.2 Å². The lowest BCUT2D eigenvalue weighted by molar-refractivity contribution is -0.117. The third kappa shape index (κ3) is 5.28. The number of thioether (sulfide) groups is 1. The minimum atomic E-state index is 0.0324. The number of hydrogen-bond acceptors (Lipinski definition) is 3. The number of nitrogens with one attached hydrogen (secondary N) is 1. The van der Waals surface area contributed by atoms with Crippen LogP contribution in [0.4, 0.5) is 5.69 Å². The van der Waals surface area contributed by atoms with Gasteiger partial charge in [-0.25, -0.2) is 0 Å². The highest BCUT2D eigenvalue weighted by Crippen LogP contribution is 2.26.